The fraction of sp³-hybridized carbons (Fsp3) is 0. The fourth-order valence-corrected chi connectivity index (χ4v) is 2.23. The lowest BCUT2D eigenvalue weighted by Gasteiger charge is -2.02. The van der Waals surface area contributed by atoms with E-state index in [1.807, 2.05) is 0 Å². The lowest BCUT2D eigenvalue weighted by atomic mass is 10.2. The number of phenols is 1. The minimum Gasteiger partial charge on any atom is -0.506 e. The molecule has 2 N–H and O–H groups in total. The zero-order chi connectivity index (χ0) is 14.5. The number of benzene rings is 1. The Bertz CT molecular complexity index is 662. The molecule has 7 heteroatoms. The van der Waals surface area contributed by atoms with Crippen LogP contribution >= 0.6 is 27.5 Å². The van der Waals surface area contributed by atoms with Crippen LogP contribution in [0.25, 0.3) is 0 Å². The molecule has 0 aliphatic rings. The number of hydrazone groups is 1. The molecule has 0 unspecified atom stereocenters. The number of halogens is 2. The van der Waals surface area contributed by atoms with Crippen molar-refractivity contribution in [2.24, 2.45) is 5.10 Å². The summed E-state index contributed by atoms with van der Waals surface area (Å²) in [6.45, 7) is 0. The number of nitrogens with zero attached hydrogens (tertiary/aromatic N) is 2. The fourth-order valence-electron chi connectivity index (χ4n) is 1.40. The van der Waals surface area contributed by atoms with Gasteiger partial charge in [0.2, 0.25) is 0 Å². The largest absolute Gasteiger partial charge is 0.506 e. The highest BCUT2D eigenvalue weighted by atomic mass is 79.9. The first-order chi connectivity index (χ1) is 9.58. The Hall–Kier alpha value is -1.92. The molecule has 20 heavy (non-hydrogen) atoms. The smallest absolute Gasteiger partial charge is 0.289 e. The summed E-state index contributed by atoms with van der Waals surface area (Å²) in [5, 5.41) is 14.0. The van der Waals surface area contributed by atoms with Gasteiger partial charge < -0.3 is 5.11 Å². The first kappa shape index (κ1) is 14.5. The molecule has 1 heterocycles. The molecular weight excluding hydrogens is 346 g/mol. The second kappa shape index (κ2) is 6.49. The number of carbonyl (C=O) groups excluding carboxylic acids is 1. The van der Waals surface area contributed by atoms with Gasteiger partial charge in [-0.15, -0.1) is 0 Å². The predicted octanol–water partition coefficient (Wildman–Crippen LogP) is 2.97. The van der Waals surface area contributed by atoms with Gasteiger partial charge in [0.05, 0.1) is 10.7 Å². The molecule has 5 nitrogen and oxygen atoms in total. The summed E-state index contributed by atoms with van der Waals surface area (Å²) >= 11 is 9.02. The van der Waals surface area contributed by atoms with Crippen LogP contribution in [0, 0.1) is 0 Å². The van der Waals surface area contributed by atoms with Gasteiger partial charge in [-0.1, -0.05) is 17.7 Å². The van der Waals surface area contributed by atoms with Crippen molar-refractivity contribution in [1.29, 1.82) is 0 Å². The average molecular weight is 355 g/mol. The number of carbonyl (C=O) groups is 1. The Morgan fingerprint density at radius 1 is 1.45 bits per heavy atom. The predicted molar refractivity (Wildman–Crippen MR) is 80.1 cm³/mol. The Morgan fingerprint density at radius 2 is 2.25 bits per heavy atom. The van der Waals surface area contributed by atoms with Crippen LogP contribution in [-0.4, -0.2) is 22.2 Å². The maximum absolute atomic E-state index is 11.7. The highest BCUT2D eigenvalue weighted by Crippen LogP contribution is 2.30. The number of amides is 1. The van der Waals surface area contributed by atoms with Gasteiger partial charge in [-0.05, 0) is 40.2 Å². The summed E-state index contributed by atoms with van der Waals surface area (Å²) in [6.07, 6.45) is 2.81. The molecule has 0 aliphatic heterocycles. The lowest BCUT2D eigenvalue weighted by Crippen LogP contribution is -2.18. The number of nitrogens with one attached hydrogen (secondary N) is 1. The minimum absolute atomic E-state index is 0.00904. The summed E-state index contributed by atoms with van der Waals surface area (Å²) in [6, 6.07) is 8.06. The van der Waals surface area contributed by atoms with E-state index in [2.05, 4.69) is 31.4 Å². The molecule has 0 fully saturated rings. The van der Waals surface area contributed by atoms with Crippen molar-refractivity contribution >= 4 is 39.7 Å². The molecule has 0 radical (unpaired) electrons. The molecule has 102 valence electrons. The van der Waals surface area contributed by atoms with Gasteiger partial charge in [-0.3, -0.25) is 9.78 Å². The van der Waals surface area contributed by atoms with E-state index >= 15 is 0 Å². The lowest BCUT2D eigenvalue weighted by molar-refractivity contribution is 0.0950. The second-order valence-electron chi connectivity index (χ2n) is 3.74. The van der Waals surface area contributed by atoms with Crippen LogP contribution in [0.3, 0.4) is 0 Å². The molecule has 0 bridgehead atoms. The van der Waals surface area contributed by atoms with Crippen molar-refractivity contribution in [2.45, 2.75) is 0 Å². The highest BCUT2D eigenvalue weighted by molar-refractivity contribution is 9.10. The zero-order valence-corrected chi connectivity index (χ0v) is 12.4. The normalized spacial score (nSPS) is 10.7. The van der Waals surface area contributed by atoms with Gasteiger partial charge in [0.25, 0.3) is 5.91 Å². The van der Waals surface area contributed by atoms with Crippen LogP contribution < -0.4 is 5.43 Å². The van der Waals surface area contributed by atoms with Gasteiger partial charge in [0, 0.05) is 16.8 Å². The summed E-state index contributed by atoms with van der Waals surface area (Å²) in [7, 11) is 0. The Kier molecular flexibility index (Phi) is 4.70. The van der Waals surface area contributed by atoms with E-state index in [-0.39, 0.29) is 11.4 Å². The van der Waals surface area contributed by atoms with E-state index in [0.29, 0.717) is 15.1 Å². The molecule has 1 aromatic carbocycles. The summed E-state index contributed by atoms with van der Waals surface area (Å²) in [5.41, 5.74) is 2.94. The van der Waals surface area contributed by atoms with Crippen LogP contribution in [0.5, 0.6) is 5.75 Å². The first-order valence-electron chi connectivity index (χ1n) is 5.50. The number of pyridine rings is 1. The van der Waals surface area contributed by atoms with Gasteiger partial charge >= 0.3 is 0 Å². The average Bonchev–Trinajstić information content (AvgIpc) is 2.44. The maximum Gasteiger partial charge on any atom is 0.289 e. The highest BCUT2D eigenvalue weighted by Gasteiger charge is 2.07. The third-order valence-electron chi connectivity index (χ3n) is 2.32. The minimum atomic E-state index is -0.442. The molecule has 0 saturated heterocycles. The molecule has 0 saturated carbocycles. The quantitative estimate of drug-likeness (QED) is 0.657. The van der Waals surface area contributed by atoms with Gasteiger partial charge in [-0.2, -0.15) is 5.10 Å². The van der Waals surface area contributed by atoms with Crippen molar-refractivity contribution in [2.75, 3.05) is 0 Å². The van der Waals surface area contributed by atoms with Crippen LogP contribution in [0.15, 0.2) is 46.1 Å². The Morgan fingerprint density at radius 3 is 2.95 bits per heavy atom. The molecule has 0 aliphatic carbocycles. The third kappa shape index (κ3) is 3.55. The molecule has 1 aromatic heterocycles. The van der Waals surface area contributed by atoms with Crippen molar-refractivity contribution < 1.29 is 9.90 Å². The second-order valence-corrected chi connectivity index (χ2v) is 5.03. The number of hydrogen-bond acceptors (Lipinski definition) is 4. The Labute approximate surface area is 128 Å². The SMILES string of the molecule is O=C(N/N=C/c1cc(Cl)cc(Br)c1O)c1ccccn1. The molecule has 2 aromatic rings. The summed E-state index contributed by atoms with van der Waals surface area (Å²) in [4.78, 5) is 15.6. The van der Waals surface area contributed by atoms with Gasteiger partial charge in [0.15, 0.2) is 0 Å². The van der Waals surface area contributed by atoms with Gasteiger partial charge in [0.1, 0.15) is 11.4 Å². The topological polar surface area (TPSA) is 74.6 Å². The molecule has 1 amide bonds. The monoisotopic (exact) mass is 353 g/mol. The number of rotatable bonds is 3. The number of phenolic OH excluding ortho intramolecular Hbond substituents is 1. The maximum atomic E-state index is 11.7. The zero-order valence-electron chi connectivity index (χ0n) is 10.0. The van der Waals surface area contributed by atoms with Crippen LogP contribution in [0.4, 0.5) is 0 Å². The molecule has 0 spiro atoms. The summed E-state index contributed by atoms with van der Waals surface area (Å²) in [5.74, 6) is -0.451. The molecular formula is C13H9BrClN3O2. The third-order valence-corrected chi connectivity index (χ3v) is 3.15. The Balaban J connectivity index is 2.10. The standard InChI is InChI=1S/C13H9BrClN3O2/c14-10-6-9(15)5-8(12(10)19)7-17-18-13(20)11-3-1-2-4-16-11/h1-7,19H,(H,18,20)/b17-7+. The van der Waals surface area contributed by atoms with E-state index < -0.39 is 5.91 Å². The van der Waals surface area contributed by atoms with E-state index in [4.69, 9.17) is 11.6 Å². The van der Waals surface area contributed by atoms with E-state index in [1.165, 1.54) is 18.5 Å². The van der Waals surface area contributed by atoms with Crippen molar-refractivity contribution in [1.82, 2.24) is 10.4 Å². The molecule has 2 rings (SSSR count). The van der Waals surface area contributed by atoms with Gasteiger partial charge in [-0.25, -0.2) is 5.43 Å². The van der Waals surface area contributed by atoms with Crippen LogP contribution in [-0.2, 0) is 0 Å². The van der Waals surface area contributed by atoms with Crippen molar-refractivity contribution in [3.05, 3.63) is 57.3 Å². The van der Waals surface area contributed by atoms with E-state index in [1.54, 1.807) is 24.3 Å². The van der Waals surface area contributed by atoms with Crippen molar-refractivity contribution in [3.63, 3.8) is 0 Å². The molecule has 0 atom stereocenters. The number of aromatic hydroxyl groups is 1. The first-order valence-corrected chi connectivity index (χ1v) is 6.67. The number of hydrogen-bond donors (Lipinski definition) is 2. The van der Waals surface area contributed by atoms with Crippen molar-refractivity contribution in [3.8, 4) is 5.75 Å². The van der Waals surface area contributed by atoms with E-state index in [9.17, 15) is 9.90 Å². The van der Waals surface area contributed by atoms with Crippen LogP contribution in [0.1, 0.15) is 16.1 Å². The number of aromatic nitrogens is 1. The van der Waals surface area contributed by atoms with E-state index in [0.717, 1.165) is 0 Å². The summed E-state index contributed by atoms with van der Waals surface area (Å²) < 4.78 is 0.447. The van der Waals surface area contributed by atoms with Crippen LogP contribution in [0.2, 0.25) is 5.02 Å².